The number of ether oxygens (including phenoxy) is 3. The Balaban J connectivity index is 1.69. The van der Waals surface area contributed by atoms with Gasteiger partial charge in [0.1, 0.15) is 13.2 Å². The van der Waals surface area contributed by atoms with Gasteiger partial charge in [-0.05, 0) is 18.2 Å². The van der Waals surface area contributed by atoms with E-state index in [9.17, 15) is 14.4 Å². The van der Waals surface area contributed by atoms with Gasteiger partial charge in [0.25, 0.3) is 5.91 Å². The number of rotatable bonds is 7. The smallest absolute Gasteiger partial charge is 0.321 e. The molecule has 0 fully saturated rings. The van der Waals surface area contributed by atoms with Crippen molar-refractivity contribution in [3.8, 4) is 11.5 Å². The lowest BCUT2D eigenvalue weighted by molar-refractivity contribution is -0.145. The van der Waals surface area contributed by atoms with E-state index in [1.165, 1.54) is 17.8 Å². The van der Waals surface area contributed by atoms with Crippen molar-refractivity contribution in [1.82, 2.24) is 10.6 Å². The molecule has 0 aliphatic carbocycles. The number of benzene rings is 1. The predicted octanol–water partition coefficient (Wildman–Crippen LogP) is 1.10. The standard InChI is InChI=1S/C16H18N2O6S/c1-2-5-17-16(21)18-14(19)9-24-15(20)10-25-11-3-4-12-13(8-11)23-7-6-22-12/h2-4,8H,1,5-7,9-10H2,(H2,17,18,19,21). The minimum atomic E-state index is -0.709. The molecule has 0 bridgehead atoms. The lowest BCUT2D eigenvalue weighted by Crippen LogP contribution is -2.41. The van der Waals surface area contributed by atoms with Crippen LogP contribution in [0, 0.1) is 0 Å². The maximum absolute atomic E-state index is 11.7. The summed E-state index contributed by atoms with van der Waals surface area (Å²) in [5, 5.41) is 4.39. The molecule has 0 saturated heterocycles. The molecule has 134 valence electrons. The fourth-order valence-electron chi connectivity index (χ4n) is 1.82. The number of hydrogen-bond acceptors (Lipinski definition) is 7. The van der Waals surface area contributed by atoms with Crippen LogP contribution in [0.25, 0.3) is 0 Å². The molecule has 1 aliphatic rings. The molecular formula is C16H18N2O6S. The molecule has 1 aromatic rings. The molecule has 0 saturated carbocycles. The molecule has 1 aliphatic heterocycles. The highest BCUT2D eigenvalue weighted by Crippen LogP contribution is 2.34. The summed E-state index contributed by atoms with van der Waals surface area (Å²) in [4.78, 5) is 35.2. The second-order valence-electron chi connectivity index (χ2n) is 4.80. The molecule has 0 unspecified atom stereocenters. The first kappa shape index (κ1) is 18.7. The number of nitrogens with one attached hydrogen (secondary N) is 2. The average Bonchev–Trinajstić information content (AvgIpc) is 2.62. The van der Waals surface area contributed by atoms with Crippen LogP contribution in [0.1, 0.15) is 0 Å². The molecule has 25 heavy (non-hydrogen) atoms. The first-order valence-corrected chi connectivity index (χ1v) is 8.43. The van der Waals surface area contributed by atoms with Crippen LogP contribution >= 0.6 is 11.8 Å². The van der Waals surface area contributed by atoms with Gasteiger partial charge in [0.15, 0.2) is 18.1 Å². The summed E-state index contributed by atoms with van der Waals surface area (Å²) < 4.78 is 15.7. The van der Waals surface area contributed by atoms with Gasteiger partial charge in [-0.15, -0.1) is 18.3 Å². The summed E-state index contributed by atoms with van der Waals surface area (Å²) in [6.07, 6.45) is 1.47. The van der Waals surface area contributed by atoms with Crippen molar-refractivity contribution in [1.29, 1.82) is 0 Å². The third-order valence-corrected chi connectivity index (χ3v) is 3.86. The first-order valence-electron chi connectivity index (χ1n) is 7.45. The van der Waals surface area contributed by atoms with E-state index in [0.717, 1.165) is 4.90 Å². The second kappa shape index (κ2) is 9.58. The minimum absolute atomic E-state index is 0.0234. The van der Waals surface area contributed by atoms with Crippen molar-refractivity contribution in [3.63, 3.8) is 0 Å². The molecule has 9 heteroatoms. The van der Waals surface area contributed by atoms with Gasteiger partial charge in [-0.1, -0.05) is 6.08 Å². The van der Waals surface area contributed by atoms with Crippen LogP contribution < -0.4 is 20.1 Å². The minimum Gasteiger partial charge on any atom is -0.486 e. The van der Waals surface area contributed by atoms with Crippen molar-refractivity contribution in [2.75, 3.05) is 32.1 Å². The zero-order valence-corrected chi connectivity index (χ0v) is 14.2. The van der Waals surface area contributed by atoms with Gasteiger partial charge in [0.05, 0.1) is 5.75 Å². The summed E-state index contributed by atoms with van der Waals surface area (Å²) in [6, 6.07) is 4.69. The van der Waals surface area contributed by atoms with E-state index in [-0.39, 0.29) is 12.3 Å². The molecule has 2 rings (SSSR count). The molecule has 0 atom stereocenters. The van der Waals surface area contributed by atoms with E-state index in [0.29, 0.717) is 24.7 Å². The van der Waals surface area contributed by atoms with Crippen LogP contribution in [0.2, 0.25) is 0 Å². The highest BCUT2D eigenvalue weighted by molar-refractivity contribution is 8.00. The van der Waals surface area contributed by atoms with Gasteiger partial charge in [-0.25, -0.2) is 4.79 Å². The number of carbonyl (C=O) groups excluding carboxylic acids is 3. The number of amides is 3. The number of carbonyl (C=O) groups is 3. The van der Waals surface area contributed by atoms with E-state index in [2.05, 4.69) is 11.9 Å². The molecule has 3 amide bonds. The molecule has 8 nitrogen and oxygen atoms in total. The van der Waals surface area contributed by atoms with Crippen molar-refractivity contribution in [2.45, 2.75) is 4.90 Å². The normalized spacial score (nSPS) is 12.0. The molecule has 2 N–H and O–H groups in total. The summed E-state index contributed by atoms with van der Waals surface area (Å²) in [5.74, 6) is 0.0511. The van der Waals surface area contributed by atoms with E-state index in [1.54, 1.807) is 12.1 Å². The van der Waals surface area contributed by atoms with E-state index < -0.39 is 24.5 Å². The quantitative estimate of drug-likeness (QED) is 0.423. The Hall–Kier alpha value is -2.68. The monoisotopic (exact) mass is 366 g/mol. The van der Waals surface area contributed by atoms with Crippen LogP contribution in [-0.2, 0) is 14.3 Å². The highest BCUT2D eigenvalue weighted by atomic mass is 32.2. The second-order valence-corrected chi connectivity index (χ2v) is 5.85. The van der Waals surface area contributed by atoms with Gasteiger partial charge >= 0.3 is 12.0 Å². The van der Waals surface area contributed by atoms with Crippen LogP contribution in [0.5, 0.6) is 11.5 Å². The first-order chi connectivity index (χ1) is 12.1. The predicted molar refractivity (Wildman–Crippen MR) is 90.9 cm³/mol. The summed E-state index contributed by atoms with van der Waals surface area (Å²) in [5.41, 5.74) is 0. The largest absolute Gasteiger partial charge is 0.486 e. The lowest BCUT2D eigenvalue weighted by Gasteiger charge is -2.18. The SMILES string of the molecule is C=CCNC(=O)NC(=O)COC(=O)CSc1ccc2c(c1)OCCO2. The fraction of sp³-hybridized carbons (Fsp3) is 0.312. The molecule has 0 spiro atoms. The number of esters is 1. The van der Waals surface area contributed by atoms with Crippen LogP contribution in [0.4, 0.5) is 4.79 Å². The number of thioether (sulfide) groups is 1. The van der Waals surface area contributed by atoms with Crippen LogP contribution in [0.3, 0.4) is 0 Å². The Kier molecular flexibility index (Phi) is 7.15. The van der Waals surface area contributed by atoms with Gasteiger partial charge in [-0.2, -0.15) is 0 Å². The molecule has 0 radical (unpaired) electrons. The Bertz CT molecular complexity index is 664. The summed E-state index contributed by atoms with van der Waals surface area (Å²) in [6.45, 7) is 4.13. The maximum atomic E-state index is 11.7. The fourth-order valence-corrected chi connectivity index (χ4v) is 2.54. The van der Waals surface area contributed by atoms with Crippen molar-refractivity contribution in [3.05, 3.63) is 30.9 Å². The zero-order valence-electron chi connectivity index (χ0n) is 13.4. The number of urea groups is 1. The maximum Gasteiger partial charge on any atom is 0.321 e. The summed E-state index contributed by atoms with van der Waals surface area (Å²) >= 11 is 1.25. The Morgan fingerprint density at radius 2 is 2.00 bits per heavy atom. The Labute approximate surface area is 148 Å². The Morgan fingerprint density at radius 1 is 1.24 bits per heavy atom. The Morgan fingerprint density at radius 3 is 2.76 bits per heavy atom. The molecule has 1 aromatic carbocycles. The average molecular weight is 366 g/mol. The number of imide groups is 1. The highest BCUT2D eigenvalue weighted by Gasteiger charge is 2.14. The van der Waals surface area contributed by atoms with E-state index in [1.807, 2.05) is 11.4 Å². The van der Waals surface area contributed by atoms with Crippen molar-refractivity contribution < 1.29 is 28.6 Å². The number of hydrogen-bond donors (Lipinski definition) is 2. The lowest BCUT2D eigenvalue weighted by atomic mass is 10.3. The topological polar surface area (TPSA) is 103 Å². The third kappa shape index (κ3) is 6.38. The third-order valence-electron chi connectivity index (χ3n) is 2.89. The number of fused-ring (bicyclic) bond motifs is 1. The van der Waals surface area contributed by atoms with Crippen LogP contribution in [-0.4, -0.2) is 50.0 Å². The molecular weight excluding hydrogens is 348 g/mol. The van der Waals surface area contributed by atoms with Gasteiger partial charge in [0.2, 0.25) is 0 Å². The van der Waals surface area contributed by atoms with E-state index in [4.69, 9.17) is 14.2 Å². The van der Waals surface area contributed by atoms with Crippen molar-refractivity contribution in [2.24, 2.45) is 0 Å². The molecule has 0 aromatic heterocycles. The molecule has 1 heterocycles. The zero-order chi connectivity index (χ0) is 18.1. The van der Waals surface area contributed by atoms with Gasteiger partial charge in [-0.3, -0.25) is 14.9 Å². The van der Waals surface area contributed by atoms with Gasteiger partial charge < -0.3 is 19.5 Å². The van der Waals surface area contributed by atoms with E-state index >= 15 is 0 Å². The van der Waals surface area contributed by atoms with Gasteiger partial charge in [0, 0.05) is 11.4 Å². The van der Waals surface area contributed by atoms with Crippen LogP contribution in [0.15, 0.2) is 35.7 Å². The summed E-state index contributed by atoms with van der Waals surface area (Å²) in [7, 11) is 0. The van der Waals surface area contributed by atoms with Crippen molar-refractivity contribution >= 4 is 29.7 Å².